The molecule has 1 aromatic heterocycles. The molecule has 1 aromatic carbocycles. The van der Waals surface area contributed by atoms with Crippen molar-refractivity contribution in [3.63, 3.8) is 0 Å². The number of aromatic nitrogens is 1. The molecule has 1 fully saturated rings. The van der Waals surface area contributed by atoms with Gasteiger partial charge in [0.25, 0.3) is 5.91 Å². The van der Waals surface area contributed by atoms with Gasteiger partial charge in [0.15, 0.2) is 11.6 Å². The van der Waals surface area contributed by atoms with Gasteiger partial charge in [0.2, 0.25) is 0 Å². The third-order valence-corrected chi connectivity index (χ3v) is 4.54. The number of nitriles is 1. The Balaban J connectivity index is 2.11. The van der Waals surface area contributed by atoms with Gasteiger partial charge < -0.3 is 9.84 Å². The third-order valence-electron chi connectivity index (χ3n) is 4.54. The molecule has 2 aromatic rings. The standard InChI is InChI=1S/C19H17FN4O4/c1-19(2)17(26)23(14-7-4-11(8-21)16(28-3)15(14)20)18(27)24(19)13-6-5-12(10-25)22-9-13/h4-7,9,25H,10H2,1-3H3. The fourth-order valence-electron chi connectivity index (χ4n) is 3.09. The number of amides is 3. The van der Waals surface area contributed by atoms with Crippen LogP contribution in [-0.2, 0) is 11.4 Å². The second kappa shape index (κ2) is 6.90. The number of anilines is 2. The van der Waals surface area contributed by atoms with Crippen molar-refractivity contribution in [3.8, 4) is 11.8 Å². The van der Waals surface area contributed by atoms with Crippen molar-refractivity contribution in [2.45, 2.75) is 26.0 Å². The monoisotopic (exact) mass is 384 g/mol. The molecule has 0 radical (unpaired) electrons. The van der Waals surface area contributed by atoms with E-state index in [1.807, 2.05) is 0 Å². The number of pyridine rings is 1. The lowest BCUT2D eigenvalue weighted by Gasteiger charge is -2.27. The predicted molar refractivity (Wildman–Crippen MR) is 97.3 cm³/mol. The number of methoxy groups -OCH3 is 1. The van der Waals surface area contributed by atoms with E-state index in [-0.39, 0.29) is 23.6 Å². The molecule has 0 saturated carbocycles. The van der Waals surface area contributed by atoms with E-state index >= 15 is 0 Å². The van der Waals surface area contributed by atoms with Gasteiger partial charge in [-0.15, -0.1) is 0 Å². The number of urea groups is 1. The number of hydrogen-bond donors (Lipinski definition) is 1. The summed E-state index contributed by atoms with van der Waals surface area (Å²) in [4.78, 5) is 32.0. The van der Waals surface area contributed by atoms with Crippen LogP contribution >= 0.6 is 0 Å². The molecule has 144 valence electrons. The molecule has 8 nitrogen and oxygen atoms in total. The summed E-state index contributed by atoms with van der Waals surface area (Å²) in [6.45, 7) is 2.80. The van der Waals surface area contributed by atoms with Gasteiger partial charge in [-0.25, -0.2) is 14.1 Å². The second-order valence-electron chi connectivity index (χ2n) is 6.57. The van der Waals surface area contributed by atoms with Crippen LogP contribution < -0.4 is 14.5 Å². The smallest absolute Gasteiger partial charge is 0.337 e. The summed E-state index contributed by atoms with van der Waals surface area (Å²) in [6, 6.07) is 6.58. The van der Waals surface area contributed by atoms with Crippen molar-refractivity contribution in [2.24, 2.45) is 0 Å². The highest BCUT2D eigenvalue weighted by Crippen LogP contribution is 2.39. The molecular formula is C19H17FN4O4. The Morgan fingerprint density at radius 3 is 2.54 bits per heavy atom. The average Bonchev–Trinajstić information content (AvgIpc) is 2.86. The molecule has 1 aliphatic heterocycles. The van der Waals surface area contributed by atoms with E-state index in [1.54, 1.807) is 12.1 Å². The van der Waals surface area contributed by atoms with Crippen LogP contribution in [0, 0.1) is 17.1 Å². The molecule has 0 aliphatic carbocycles. The molecule has 1 saturated heterocycles. The molecular weight excluding hydrogens is 367 g/mol. The van der Waals surface area contributed by atoms with Gasteiger partial charge in [-0.05, 0) is 38.1 Å². The topological polar surface area (TPSA) is 107 Å². The number of carbonyl (C=O) groups excluding carboxylic acids is 2. The van der Waals surface area contributed by atoms with Crippen LogP contribution in [0.4, 0.5) is 20.6 Å². The van der Waals surface area contributed by atoms with Gasteiger partial charge >= 0.3 is 6.03 Å². The summed E-state index contributed by atoms with van der Waals surface area (Å²) in [7, 11) is 1.20. The fourth-order valence-corrected chi connectivity index (χ4v) is 3.09. The first kappa shape index (κ1) is 19.3. The zero-order chi connectivity index (χ0) is 20.6. The summed E-state index contributed by atoms with van der Waals surface area (Å²) in [5, 5.41) is 18.2. The minimum absolute atomic E-state index is 0.0530. The number of ether oxygens (including phenoxy) is 1. The predicted octanol–water partition coefficient (Wildman–Crippen LogP) is 2.35. The minimum atomic E-state index is -1.31. The van der Waals surface area contributed by atoms with Crippen molar-refractivity contribution < 1.29 is 23.8 Å². The molecule has 0 spiro atoms. The SMILES string of the molecule is COc1c(C#N)ccc(N2C(=O)N(c3ccc(CO)nc3)C(C)(C)C2=O)c1F. The molecule has 0 atom stereocenters. The molecule has 3 rings (SSSR count). The number of imide groups is 1. The minimum Gasteiger partial charge on any atom is -0.492 e. The van der Waals surface area contributed by atoms with Crippen molar-refractivity contribution in [1.82, 2.24) is 4.98 Å². The van der Waals surface area contributed by atoms with Crippen LogP contribution in [0.2, 0.25) is 0 Å². The lowest BCUT2D eigenvalue weighted by atomic mass is 10.0. The van der Waals surface area contributed by atoms with Crippen molar-refractivity contribution in [1.29, 1.82) is 5.26 Å². The number of carbonyl (C=O) groups is 2. The Morgan fingerprint density at radius 1 is 1.29 bits per heavy atom. The normalized spacial score (nSPS) is 15.7. The second-order valence-corrected chi connectivity index (χ2v) is 6.57. The van der Waals surface area contributed by atoms with Crippen LogP contribution in [0.3, 0.4) is 0 Å². The molecule has 2 heterocycles. The molecule has 0 unspecified atom stereocenters. The number of halogens is 1. The lowest BCUT2D eigenvalue weighted by Crippen LogP contribution is -2.44. The summed E-state index contributed by atoms with van der Waals surface area (Å²) >= 11 is 0. The first-order valence-corrected chi connectivity index (χ1v) is 8.29. The number of rotatable bonds is 4. The van der Waals surface area contributed by atoms with Gasteiger partial charge in [-0.1, -0.05) is 0 Å². The average molecular weight is 384 g/mol. The lowest BCUT2D eigenvalue weighted by molar-refractivity contribution is -0.120. The summed E-state index contributed by atoms with van der Waals surface area (Å²) < 4.78 is 19.9. The van der Waals surface area contributed by atoms with Gasteiger partial charge in [0.1, 0.15) is 11.6 Å². The van der Waals surface area contributed by atoms with Crippen LogP contribution in [0.25, 0.3) is 0 Å². The summed E-state index contributed by atoms with van der Waals surface area (Å²) in [6.07, 6.45) is 1.36. The van der Waals surface area contributed by atoms with Gasteiger partial charge in [-0.3, -0.25) is 14.7 Å². The van der Waals surface area contributed by atoms with E-state index in [4.69, 9.17) is 15.1 Å². The highest BCUT2D eigenvalue weighted by Gasteiger charge is 2.53. The maximum atomic E-state index is 14.9. The largest absolute Gasteiger partial charge is 0.492 e. The van der Waals surface area contributed by atoms with E-state index in [1.165, 1.54) is 50.3 Å². The van der Waals surface area contributed by atoms with Crippen LogP contribution in [-0.4, -0.2) is 34.7 Å². The van der Waals surface area contributed by atoms with Gasteiger partial charge in [0.05, 0.1) is 42.5 Å². The van der Waals surface area contributed by atoms with E-state index < -0.39 is 23.3 Å². The Hall–Kier alpha value is -3.51. The van der Waals surface area contributed by atoms with Crippen molar-refractivity contribution in [3.05, 3.63) is 47.5 Å². The number of benzene rings is 1. The molecule has 9 heteroatoms. The maximum Gasteiger partial charge on any atom is 0.337 e. The zero-order valence-electron chi connectivity index (χ0n) is 15.4. The zero-order valence-corrected chi connectivity index (χ0v) is 15.4. The highest BCUT2D eigenvalue weighted by atomic mass is 19.1. The van der Waals surface area contributed by atoms with Crippen LogP contribution in [0.15, 0.2) is 30.5 Å². The maximum absolute atomic E-state index is 14.9. The highest BCUT2D eigenvalue weighted by molar-refractivity contribution is 6.30. The quantitative estimate of drug-likeness (QED) is 0.811. The summed E-state index contributed by atoms with van der Waals surface area (Å²) in [5.41, 5.74) is -0.944. The number of aliphatic hydroxyl groups excluding tert-OH is 1. The van der Waals surface area contributed by atoms with Gasteiger partial charge in [0, 0.05) is 0 Å². The third kappa shape index (κ3) is 2.75. The molecule has 28 heavy (non-hydrogen) atoms. The number of hydrogen-bond acceptors (Lipinski definition) is 6. The van der Waals surface area contributed by atoms with Gasteiger partial charge in [-0.2, -0.15) is 5.26 Å². The molecule has 3 amide bonds. The van der Waals surface area contributed by atoms with E-state index in [0.717, 1.165) is 4.90 Å². The van der Waals surface area contributed by atoms with E-state index in [2.05, 4.69) is 4.98 Å². The van der Waals surface area contributed by atoms with E-state index in [0.29, 0.717) is 11.4 Å². The molecule has 0 bridgehead atoms. The fraction of sp³-hybridized carbons (Fsp3) is 0.263. The molecule has 1 aliphatic rings. The Labute approximate surface area is 160 Å². The van der Waals surface area contributed by atoms with Crippen LogP contribution in [0.5, 0.6) is 5.75 Å². The van der Waals surface area contributed by atoms with Crippen molar-refractivity contribution in [2.75, 3.05) is 16.9 Å². The Kier molecular flexibility index (Phi) is 4.75. The molecule has 1 N–H and O–H groups in total. The van der Waals surface area contributed by atoms with Crippen molar-refractivity contribution >= 4 is 23.3 Å². The number of aliphatic hydroxyl groups is 1. The summed E-state index contributed by atoms with van der Waals surface area (Å²) in [5.74, 6) is -1.96. The first-order valence-electron chi connectivity index (χ1n) is 8.29. The number of nitrogens with zero attached hydrogens (tertiary/aromatic N) is 4. The van der Waals surface area contributed by atoms with E-state index in [9.17, 15) is 14.0 Å². The Bertz CT molecular complexity index is 998. The Morgan fingerprint density at radius 2 is 2.00 bits per heavy atom. The van der Waals surface area contributed by atoms with Crippen LogP contribution in [0.1, 0.15) is 25.1 Å². The first-order chi connectivity index (χ1) is 13.3.